The van der Waals surface area contributed by atoms with Crippen LogP contribution < -0.4 is 5.32 Å². The Morgan fingerprint density at radius 3 is 2.05 bits per heavy atom. The van der Waals surface area contributed by atoms with Gasteiger partial charge in [0, 0.05) is 5.41 Å². The molecule has 0 spiro atoms. The zero-order valence-electron chi connectivity index (χ0n) is 13.3. The van der Waals surface area contributed by atoms with Crippen LogP contribution in [0.3, 0.4) is 0 Å². The van der Waals surface area contributed by atoms with Crippen molar-refractivity contribution in [1.29, 1.82) is 0 Å². The monoisotopic (exact) mass is 312 g/mol. The third-order valence-electron chi connectivity index (χ3n) is 3.32. The number of azo groups is 1. The Balaban J connectivity index is 2.65. The first-order valence-corrected chi connectivity index (χ1v) is 6.65. The molecule has 0 radical (unpaired) electrons. The Kier molecular flexibility index (Phi) is 5.00. The van der Waals surface area contributed by atoms with Gasteiger partial charge < -0.3 is 10.1 Å². The summed E-state index contributed by atoms with van der Waals surface area (Å²) in [5.41, 5.74) is -1.75. The molecule has 0 aliphatic carbocycles. The van der Waals surface area contributed by atoms with Gasteiger partial charge in [0.2, 0.25) is 5.91 Å². The molecule has 1 aliphatic rings. The molecule has 0 fully saturated rings. The van der Waals surface area contributed by atoms with Gasteiger partial charge in [-0.1, -0.05) is 24.1 Å². The maximum absolute atomic E-state index is 12.2. The molecule has 122 valence electrons. The van der Waals surface area contributed by atoms with E-state index in [4.69, 9.17) is 4.74 Å². The summed E-state index contributed by atoms with van der Waals surface area (Å²) in [5.74, 6) is -0.826. The minimum absolute atomic E-state index is 0.231. The number of imide groups is 1. The van der Waals surface area contributed by atoms with Gasteiger partial charge in [0.25, 0.3) is 0 Å². The number of carbonyl (C=O) groups is 4. The van der Waals surface area contributed by atoms with E-state index in [1.165, 1.54) is 7.11 Å². The van der Waals surface area contributed by atoms with Gasteiger partial charge in [-0.3, -0.25) is 9.59 Å². The molecule has 0 aromatic carbocycles. The first-order valence-electron chi connectivity index (χ1n) is 6.65. The minimum Gasteiger partial charge on any atom is -0.469 e. The van der Waals surface area contributed by atoms with Crippen LogP contribution in [0.1, 0.15) is 34.1 Å². The maximum Gasteiger partial charge on any atom is 0.372 e. The van der Waals surface area contributed by atoms with E-state index < -0.39 is 34.8 Å². The molecule has 0 unspecified atom stereocenters. The van der Waals surface area contributed by atoms with Crippen molar-refractivity contribution < 1.29 is 23.9 Å². The van der Waals surface area contributed by atoms with E-state index in [9.17, 15) is 19.2 Å². The summed E-state index contributed by atoms with van der Waals surface area (Å²) in [5, 5.41) is 8.64. The lowest BCUT2D eigenvalue weighted by atomic mass is 9.74. The maximum atomic E-state index is 12.2. The summed E-state index contributed by atoms with van der Waals surface area (Å²) in [6, 6.07) is -1.64. The number of nitrogens with zero attached hydrogens (tertiary/aromatic N) is 3. The van der Waals surface area contributed by atoms with Crippen molar-refractivity contribution in [2.45, 2.75) is 34.1 Å². The van der Waals surface area contributed by atoms with Crippen LogP contribution in [0.2, 0.25) is 0 Å². The fraction of sp³-hybridized carbons (Fsp3) is 0.692. The average molecular weight is 312 g/mol. The molecular weight excluding hydrogens is 292 g/mol. The normalized spacial score (nSPS) is 15.2. The Labute approximate surface area is 128 Å². The van der Waals surface area contributed by atoms with Crippen LogP contribution in [0, 0.1) is 10.8 Å². The first kappa shape index (κ1) is 17.7. The van der Waals surface area contributed by atoms with Gasteiger partial charge in [-0.2, -0.15) is 0 Å². The van der Waals surface area contributed by atoms with Crippen molar-refractivity contribution in [2.24, 2.45) is 21.1 Å². The molecule has 9 nitrogen and oxygen atoms in total. The molecule has 0 atom stereocenters. The molecule has 22 heavy (non-hydrogen) atoms. The van der Waals surface area contributed by atoms with Crippen LogP contribution in [-0.2, 0) is 14.3 Å². The fourth-order valence-electron chi connectivity index (χ4n) is 2.33. The smallest absolute Gasteiger partial charge is 0.372 e. The number of esters is 1. The van der Waals surface area contributed by atoms with E-state index in [1.807, 2.05) is 0 Å². The lowest BCUT2D eigenvalue weighted by Gasteiger charge is -2.32. The minimum atomic E-state index is -0.905. The number of ether oxygens (including phenoxy) is 1. The second kappa shape index (κ2) is 6.20. The second-order valence-corrected chi connectivity index (χ2v) is 6.29. The topological polar surface area (TPSA) is 118 Å². The molecule has 0 aromatic rings. The Hall–Kier alpha value is -2.32. The van der Waals surface area contributed by atoms with Crippen molar-refractivity contribution in [3.05, 3.63) is 0 Å². The number of nitrogens with one attached hydrogen (secondary N) is 1. The first-order chi connectivity index (χ1) is 10.0. The average Bonchev–Trinajstić information content (AvgIpc) is 2.73. The zero-order chi connectivity index (χ0) is 17.1. The third-order valence-corrected chi connectivity index (χ3v) is 3.32. The predicted molar refractivity (Wildman–Crippen MR) is 74.7 cm³/mol. The van der Waals surface area contributed by atoms with Crippen molar-refractivity contribution in [1.82, 2.24) is 10.2 Å². The molecule has 0 saturated heterocycles. The lowest BCUT2D eigenvalue weighted by molar-refractivity contribution is -0.153. The van der Waals surface area contributed by atoms with E-state index in [0.29, 0.717) is 4.90 Å². The number of hydrogen-bond donors (Lipinski definition) is 1. The van der Waals surface area contributed by atoms with E-state index in [-0.39, 0.29) is 13.1 Å². The van der Waals surface area contributed by atoms with Gasteiger partial charge in [0.05, 0.1) is 12.5 Å². The molecule has 1 rings (SSSR count). The van der Waals surface area contributed by atoms with Crippen LogP contribution in [0.25, 0.3) is 0 Å². The summed E-state index contributed by atoms with van der Waals surface area (Å²) in [6.45, 7) is 6.37. The molecule has 0 bridgehead atoms. The molecule has 0 saturated carbocycles. The SMILES string of the molecule is COC(=O)C(C)(C)CC(C)(C)C(=O)NCN1C(=O)N=NC1=O. The molecule has 1 heterocycles. The number of hydrogen-bond acceptors (Lipinski definition) is 5. The second-order valence-electron chi connectivity index (χ2n) is 6.29. The van der Waals surface area contributed by atoms with Crippen LogP contribution in [0.4, 0.5) is 9.59 Å². The van der Waals surface area contributed by atoms with E-state index in [2.05, 4.69) is 15.5 Å². The van der Waals surface area contributed by atoms with Gasteiger partial charge in [0.1, 0.15) is 6.67 Å². The van der Waals surface area contributed by atoms with E-state index in [0.717, 1.165) is 0 Å². The zero-order valence-corrected chi connectivity index (χ0v) is 13.3. The predicted octanol–water partition coefficient (Wildman–Crippen LogP) is 1.68. The van der Waals surface area contributed by atoms with Crippen LogP contribution in [0.15, 0.2) is 10.2 Å². The highest BCUT2D eigenvalue weighted by molar-refractivity contribution is 5.98. The number of carbonyl (C=O) groups excluding carboxylic acids is 4. The Morgan fingerprint density at radius 1 is 1.09 bits per heavy atom. The highest BCUT2D eigenvalue weighted by Crippen LogP contribution is 2.34. The van der Waals surface area contributed by atoms with E-state index >= 15 is 0 Å². The van der Waals surface area contributed by atoms with Gasteiger partial charge >= 0.3 is 18.0 Å². The fourth-order valence-corrected chi connectivity index (χ4v) is 2.33. The van der Waals surface area contributed by atoms with Crippen LogP contribution in [-0.4, -0.2) is 42.6 Å². The lowest BCUT2D eigenvalue weighted by Crippen LogP contribution is -2.46. The summed E-state index contributed by atoms with van der Waals surface area (Å²) in [6.07, 6.45) is 0.231. The standard InChI is InChI=1S/C13H20N4O5/c1-12(2,6-13(3,4)9(19)22-5)8(18)14-7-17-10(20)15-16-11(17)21/h6-7H2,1-5H3,(H,14,18). The van der Waals surface area contributed by atoms with Gasteiger partial charge in [0.15, 0.2) is 0 Å². The van der Waals surface area contributed by atoms with Gasteiger partial charge in [-0.25, -0.2) is 14.5 Å². The molecular formula is C13H20N4O5. The summed E-state index contributed by atoms with van der Waals surface area (Å²) in [4.78, 5) is 47.1. The molecule has 1 aliphatic heterocycles. The summed E-state index contributed by atoms with van der Waals surface area (Å²) >= 11 is 0. The summed E-state index contributed by atoms with van der Waals surface area (Å²) < 4.78 is 4.72. The van der Waals surface area contributed by atoms with Crippen molar-refractivity contribution >= 4 is 23.9 Å². The van der Waals surface area contributed by atoms with Gasteiger partial charge in [-0.05, 0) is 20.3 Å². The highest BCUT2D eigenvalue weighted by Gasteiger charge is 2.40. The molecule has 9 heteroatoms. The number of methoxy groups -OCH3 is 1. The number of rotatable bonds is 6. The van der Waals surface area contributed by atoms with Crippen LogP contribution >= 0.6 is 0 Å². The van der Waals surface area contributed by atoms with Crippen molar-refractivity contribution in [2.75, 3.05) is 13.8 Å². The van der Waals surface area contributed by atoms with E-state index in [1.54, 1.807) is 27.7 Å². The van der Waals surface area contributed by atoms with Gasteiger partial charge in [-0.15, -0.1) is 0 Å². The largest absolute Gasteiger partial charge is 0.469 e. The quantitative estimate of drug-likeness (QED) is 0.749. The Bertz CT molecular complexity index is 521. The Morgan fingerprint density at radius 2 is 1.59 bits per heavy atom. The van der Waals surface area contributed by atoms with Crippen LogP contribution in [0.5, 0.6) is 0 Å². The van der Waals surface area contributed by atoms with Crippen molar-refractivity contribution in [3.8, 4) is 0 Å². The number of urea groups is 2. The molecule has 5 amide bonds. The molecule has 0 aromatic heterocycles. The molecule has 1 N–H and O–H groups in total. The third kappa shape index (κ3) is 3.86. The summed E-state index contributed by atoms with van der Waals surface area (Å²) in [7, 11) is 1.29. The van der Waals surface area contributed by atoms with Crippen molar-refractivity contribution in [3.63, 3.8) is 0 Å². The number of amides is 5. The highest BCUT2D eigenvalue weighted by atomic mass is 16.5.